The molecule has 0 radical (unpaired) electrons. The molecular formula is C11H11F3O3S. The molecule has 0 amide bonds. The molecule has 1 rings (SSSR count). The normalized spacial score (nSPS) is 11.5. The first-order chi connectivity index (χ1) is 8.39. The van der Waals surface area contributed by atoms with Crippen molar-refractivity contribution in [2.75, 3.05) is 19.0 Å². The first-order valence-corrected chi connectivity index (χ1v) is 5.98. The minimum atomic E-state index is -4.35. The Morgan fingerprint density at radius 3 is 2.72 bits per heavy atom. The molecule has 100 valence electrons. The second-order valence-electron chi connectivity index (χ2n) is 3.32. The van der Waals surface area contributed by atoms with Gasteiger partial charge in [-0.1, -0.05) is 6.07 Å². The minimum Gasteiger partial charge on any atom is -0.480 e. The molecule has 0 atom stereocenters. The molecule has 0 aliphatic rings. The zero-order chi connectivity index (χ0) is 13.6. The van der Waals surface area contributed by atoms with E-state index in [0.29, 0.717) is 10.6 Å². The fraction of sp³-hybridized carbons (Fsp3) is 0.364. The van der Waals surface area contributed by atoms with E-state index in [1.54, 1.807) is 6.07 Å². The Kier molecular flexibility index (Phi) is 5.49. The third-order valence-corrected chi connectivity index (χ3v) is 2.84. The number of benzene rings is 1. The zero-order valence-electron chi connectivity index (χ0n) is 9.24. The van der Waals surface area contributed by atoms with E-state index in [1.807, 2.05) is 0 Å². The van der Waals surface area contributed by atoms with Gasteiger partial charge in [-0.2, -0.15) is 13.2 Å². The fourth-order valence-electron chi connectivity index (χ4n) is 1.14. The number of rotatable bonds is 6. The van der Waals surface area contributed by atoms with Crippen molar-refractivity contribution in [2.45, 2.75) is 11.1 Å². The van der Waals surface area contributed by atoms with E-state index in [0.717, 1.165) is 12.1 Å². The summed E-state index contributed by atoms with van der Waals surface area (Å²) in [5.41, 5.74) is -0.695. The topological polar surface area (TPSA) is 46.5 Å². The number of carboxylic acids is 1. The monoisotopic (exact) mass is 280 g/mol. The van der Waals surface area contributed by atoms with Gasteiger partial charge in [0.1, 0.15) is 6.61 Å². The van der Waals surface area contributed by atoms with Crippen molar-refractivity contribution >= 4 is 17.7 Å². The lowest BCUT2D eigenvalue weighted by Gasteiger charge is -2.08. The molecule has 0 heterocycles. The number of carboxylic acid groups (broad SMARTS) is 1. The van der Waals surface area contributed by atoms with Crippen LogP contribution in [0, 0.1) is 0 Å². The molecule has 0 aliphatic carbocycles. The Hall–Kier alpha value is -1.21. The third kappa shape index (κ3) is 5.42. The number of thioether (sulfide) groups is 1. The molecule has 18 heavy (non-hydrogen) atoms. The number of halogens is 3. The minimum absolute atomic E-state index is 0.174. The largest absolute Gasteiger partial charge is 0.480 e. The summed E-state index contributed by atoms with van der Waals surface area (Å²) in [5.74, 6) is -0.673. The SMILES string of the molecule is O=C(O)COCCSc1cccc(C(F)(F)F)c1. The van der Waals surface area contributed by atoms with Gasteiger partial charge in [0.25, 0.3) is 0 Å². The predicted octanol–water partition coefficient (Wildman–Crippen LogP) is 2.90. The summed E-state index contributed by atoms with van der Waals surface area (Å²) in [6.45, 7) is -0.226. The van der Waals surface area contributed by atoms with Gasteiger partial charge in [-0.05, 0) is 18.2 Å². The Morgan fingerprint density at radius 2 is 2.11 bits per heavy atom. The van der Waals surface area contributed by atoms with Gasteiger partial charge in [0.05, 0.1) is 12.2 Å². The number of ether oxygens (including phenoxy) is 1. The molecule has 0 bridgehead atoms. The summed E-state index contributed by atoms with van der Waals surface area (Å²) in [5, 5.41) is 8.30. The molecule has 3 nitrogen and oxygen atoms in total. The lowest BCUT2D eigenvalue weighted by atomic mass is 10.2. The Balaban J connectivity index is 2.41. The highest BCUT2D eigenvalue weighted by molar-refractivity contribution is 7.99. The molecule has 0 fully saturated rings. The van der Waals surface area contributed by atoms with Gasteiger partial charge < -0.3 is 9.84 Å². The van der Waals surface area contributed by atoms with E-state index in [4.69, 9.17) is 9.84 Å². The Morgan fingerprint density at radius 1 is 1.39 bits per heavy atom. The average molecular weight is 280 g/mol. The third-order valence-electron chi connectivity index (χ3n) is 1.88. The standard InChI is InChI=1S/C11H11F3O3S/c12-11(13,14)8-2-1-3-9(6-8)18-5-4-17-7-10(15)16/h1-3,6H,4-5,7H2,(H,15,16). The second kappa shape index (κ2) is 6.65. The van der Waals surface area contributed by atoms with Gasteiger partial charge in [0.2, 0.25) is 0 Å². The summed E-state index contributed by atoms with van der Waals surface area (Å²) in [6.07, 6.45) is -4.35. The van der Waals surface area contributed by atoms with E-state index in [1.165, 1.54) is 17.8 Å². The van der Waals surface area contributed by atoms with Crippen molar-refractivity contribution in [2.24, 2.45) is 0 Å². The van der Waals surface area contributed by atoms with Gasteiger partial charge in [0, 0.05) is 10.6 Å². The van der Waals surface area contributed by atoms with Crippen LogP contribution in [0.1, 0.15) is 5.56 Å². The smallest absolute Gasteiger partial charge is 0.416 e. The van der Waals surface area contributed by atoms with Crippen molar-refractivity contribution in [3.63, 3.8) is 0 Å². The molecule has 0 unspecified atom stereocenters. The van der Waals surface area contributed by atoms with Gasteiger partial charge >= 0.3 is 12.1 Å². The van der Waals surface area contributed by atoms with Gasteiger partial charge in [0.15, 0.2) is 0 Å². The molecule has 0 saturated carbocycles. The maximum atomic E-state index is 12.4. The molecule has 0 aromatic heterocycles. The summed E-state index contributed by atoms with van der Waals surface area (Å²) >= 11 is 1.18. The number of aliphatic carboxylic acids is 1. The number of alkyl halides is 3. The Labute approximate surface area is 106 Å². The van der Waals surface area contributed by atoms with Crippen LogP contribution < -0.4 is 0 Å². The van der Waals surface area contributed by atoms with E-state index in [9.17, 15) is 18.0 Å². The Bertz CT molecular complexity index is 407. The van der Waals surface area contributed by atoms with Crippen molar-refractivity contribution < 1.29 is 27.8 Å². The number of carbonyl (C=O) groups is 1. The zero-order valence-corrected chi connectivity index (χ0v) is 10.1. The first-order valence-electron chi connectivity index (χ1n) is 4.99. The van der Waals surface area contributed by atoms with Crippen LogP contribution in [0.25, 0.3) is 0 Å². The summed E-state index contributed by atoms with van der Waals surface area (Å²) in [7, 11) is 0. The lowest BCUT2D eigenvalue weighted by Crippen LogP contribution is -2.08. The van der Waals surface area contributed by atoms with Crippen LogP contribution in [0.3, 0.4) is 0 Å². The van der Waals surface area contributed by atoms with Gasteiger partial charge in [-0.3, -0.25) is 0 Å². The van der Waals surface area contributed by atoms with Crippen molar-refractivity contribution in [3.05, 3.63) is 29.8 Å². The molecule has 0 spiro atoms. The maximum Gasteiger partial charge on any atom is 0.416 e. The molecular weight excluding hydrogens is 269 g/mol. The average Bonchev–Trinajstić information content (AvgIpc) is 2.27. The molecule has 1 aromatic rings. The van der Waals surface area contributed by atoms with Crippen LogP contribution in [0.5, 0.6) is 0 Å². The van der Waals surface area contributed by atoms with E-state index < -0.39 is 24.3 Å². The van der Waals surface area contributed by atoms with Gasteiger partial charge in [-0.15, -0.1) is 11.8 Å². The van der Waals surface area contributed by atoms with E-state index in [-0.39, 0.29) is 6.61 Å². The van der Waals surface area contributed by atoms with Crippen LogP contribution >= 0.6 is 11.8 Å². The summed E-state index contributed by atoms with van der Waals surface area (Å²) in [4.78, 5) is 10.6. The molecule has 1 N–H and O–H groups in total. The van der Waals surface area contributed by atoms with Crippen molar-refractivity contribution in [3.8, 4) is 0 Å². The lowest BCUT2D eigenvalue weighted by molar-refractivity contribution is -0.142. The van der Waals surface area contributed by atoms with Crippen molar-refractivity contribution in [1.82, 2.24) is 0 Å². The second-order valence-corrected chi connectivity index (χ2v) is 4.49. The van der Waals surface area contributed by atoms with Crippen LogP contribution in [0.2, 0.25) is 0 Å². The van der Waals surface area contributed by atoms with Crippen LogP contribution in [0.4, 0.5) is 13.2 Å². The van der Waals surface area contributed by atoms with E-state index in [2.05, 4.69) is 0 Å². The highest BCUT2D eigenvalue weighted by Crippen LogP contribution is 2.31. The highest BCUT2D eigenvalue weighted by atomic mass is 32.2. The van der Waals surface area contributed by atoms with Crippen LogP contribution in [-0.4, -0.2) is 30.0 Å². The summed E-state index contributed by atoms with van der Waals surface area (Å²) < 4.78 is 42.0. The fourth-order valence-corrected chi connectivity index (χ4v) is 1.96. The van der Waals surface area contributed by atoms with Gasteiger partial charge in [-0.25, -0.2) is 4.79 Å². The molecule has 0 aliphatic heterocycles. The van der Waals surface area contributed by atoms with Crippen LogP contribution in [0.15, 0.2) is 29.2 Å². The van der Waals surface area contributed by atoms with Crippen LogP contribution in [-0.2, 0) is 15.7 Å². The van der Waals surface area contributed by atoms with Crippen molar-refractivity contribution in [1.29, 1.82) is 0 Å². The predicted molar refractivity (Wildman–Crippen MR) is 60.6 cm³/mol. The quantitative estimate of drug-likeness (QED) is 0.643. The molecule has 7 heteroatoms. The van der Waals surface area contributed by atoms with E-state index >= 15 is 0 Å². The molecule has 0 saturated heterocycles. The number of hydrogen-bond donors (Lipinski definition) is 1. The number of hydrogen-bond acceptors (Lipinski definition) is 3. The molecule has 1 aromatic carbocycles. The first kappa shape index (κ1) is 14.8. The maximum absolute atomic E-state index is 12.4. The summed E-state index contributed by atoms with van der Waals surface area (Å²) in [6, 6.07) is 4.97. The highest BCUT2D eigenvalue weighted by Gasteiger charge is 2.30.